The Morgan fingerprint density at radius 3 is 2.50 bits per heavy atom. The minimum absolute atomic E-state index is 0.0712. The molecule has 1 unspecified atom stereocenters. The lowest BCUT2D eigenvalue weighted by Gasteiger charge is -2.32. The van der Waals surface area contributed by atoms with Crippen LogP contribution in [0.3, 0.4) is 0 Å². The van der Waals surface area contributed by atoms with E-state index in [4.69, 9.17) is 9.47 Å². The molecule has 0 radical (unpaired) electrons. The normalized spacial score (nSPS) is 15.0. The van der Waals surface area contributed by atoms with Gasteiger partial charge in [-0.25, -0.2) is 18.9 Å². The van der Waals surface area contributed by atoms with Crippen molar-refractivity contribution in [2.45, 2.75) is 38.9 Å². The monoisotopic (exact) mass is 467 g/mol. The van der Waals surface area contributed by atoms with Crippen LogP contribution < -0.4 is 10.2 Å². The second-order valence-corrected chi connectivity index (χ2v) is 8.01. The van der Waals surface area contributed by atoms with Crippen molar-refractivity contribution in [2.24, 2.45) is 0 Å². The van der Waals surface area contributed by atoms with Gasteiger partial charge in [0, 0.05) is 32.9 Å². The van der Waals surface area contributed by atoms with Crippen molar-refractivity contribution in [1.29, 1.82) is 0 Å². The van der Waals surface area contributed by atoms with Crippen molar-refractivity contribution < 1.29 is 23.5 Å². The average Bonchev–Trinajstić information content (AvgIpc) is 3.19. The smallest absolute Gasteiger partial charge is 0.413 e. The van der Waals surface area contributed by atoms with Crippen molar-refractivity contribution in [3.8, 4) is 5.69 Å². The number of piperidine rings is 1. The maximum absolute atomic E-state index is 14.4. The molecule has 1 fully saturated rings. The molecular weight excluding hydrogens is 441 g/mol. The van der Waals surface area contributed by atoms with Crippen LogP contribution in [0.1, 0.15) is 38.4 Å². The number of ether oxygens (including phenoxy) is 2. The Kier molecular flexibility index (Phi) is 7.05. The summed E-state index contributed by atoms with van der Waals surface area (Å²) >= 11 is 0. The van der Waals surface area contributed by atoms with Gasteiger partial charge in [0.05, 0.1) is 18.1 Å². The number of nitrogens with zero attached hydrogens (tertiary/aromatic N) is 4. The largest absolute Gasteiger partial charge is 0.462 e. The number of anilines is 2. The predicted molar refractivity (Wildman–Crippen MR) is 123 cm³/mol. The van der Waals surface area contributed by atoms with E-state index in [9.17, 15) is 14.0 Å². The van der Waals surface area contributed by atoms with Crippen LogP contribution in [-0.4, -0.2) is 46.0 Å². The van der Waals surface area contributed by atoms with Crippen LogP contribution in [0.2, 0.25) is 0 Å². The number of nitrogens with one attached hydrogen (secondary N) is 1. The molecule has 2 aromatic heterocycles. The molecule has 1 aliphatic rings. The molecule has 1 atom stereocenters. The Morgan fingerprint density at radius 2 is 1.85 bits per heavy atom. The van der Waals surface area contributed by atoms with Gasteiger partial charge in [0.1, 0.15) is 18.0 Å². The van der Waals surface area contributed by atoms with E-state index >= 15 is 0 Å². The third kappa shape index (κ3) is 5.51. The fraction of sp³-hybridized carbons (Fsp3) is 0.333. The number of carbonyl (C=O) groups is 2. The highest BCUT2D eigenvalue weighted by molar-refractivity contribution is 5.84. The van der Waals surface area contributed by atoms with Gasteiger partial charge in [-0.2, -0.15) is 5.10 Å². The molecule has 10 heteroatoms. The van der Waals surface area contributed by atoms with Gasteiger partial charge in [0.25, 0.3) is 0 Å². The molecule has 0 spiro atoms. The molecule has 3 aromatic rings. The molecule has 1 aliphatic heterocycles. The number of hydrogen-bond acceptors (Lipinski definition) is 7. The SMILES string of the molecule is CC(=O)OC1CCN(c2ccc(-n3ncc(F)c3NC(=O)OC(C)c3ccccc3)cn2)CC1. The van der Waals surface area contributed by atoms with Crippen LogP contribution in [-0.2, 0) is 14.3 Å². The summed E-state index contributed by atoms with van der Waals surface area (Å²) in [7, 11) is 0. The number of benzene rings is 1. The van der Waals surface area contributed by atoms with Crippen molar-refractivity contribution in [1.82, 2.24) is 14.8 Å². The van der Waals surface area contributed by atoms with E-state index in [2.05, 4.69) is 20.3 Å². The summed E-state index contributed by atoms with van der Waals surface area (Å²) in [5.74, 6) is -0.346. The van der Waals surface area contributed by atoms with E-state index in [1.807, 2.05) is 30.3 Å². The quantitative estimate of drug-likeness (QED) is 0.541. The number of rotatable bonds is 6. The first-order valence-electron chi connectivity index (χ1n) is 11.1. The zero-order valence-electron chi connectivity index (χ0n) is 19.0. The van der Waals surface area contributed by atoms with Gasteiger partial charge in [0.15, 0.2) is 11.6 Å². The van der Waals surface area contributed by atoms with Crippen molar-refractivity contribution in [3.63, 3.8) is 0 Å². The van der Waals surface area contributed by atoms with Crippen molar-refractivity contribution >= 4 is 23.7 Å². The number of halogens is 1. The van der Waals surface area contributed by atoms with Crippen LogP contribution in [0.25, 0.3) is 5.69 Å². The highest BCUT2D eigenvalue weighted by Gasteiger charge is 2.23. The predicted octanol–water partition coefficient (Wildman–Crippen LogP) is 4.25. The van der Waals surface area contributed by atoms with Gasteiger partial charge in [-0.05, 0) is 24.6 Å². The molecule has 178 valence electrons. The summed E-state index contributed by atoms with van der Waals surface area (Å²) in [4.78, 5) is 30.1. The maximum atomic E-state index is 14.4. The summed E-state index contributed by atoms with van der Waals surface area (Å²) in [6, 6.07) is 12.8. The minimum Gasteiger partial charge on any atom is -0.462 e. The highest BCUT2D eigenvalue weighted by atomic mass is 19.1. The van der Waals surface area contributed by atoms with E-state index in [1.54, 1.807) is 25.3 Å². The molecule has 34 heavy (non-hydrogen) atoms. The van der Waals surface area contributed by atoms with E-state index < -0.39 is 18.0 Å². The number of pyridine rings is 1. The zero-order chi connectivity index (χ0) is 24.1. The number of hydrogen-bond donors (Lipinski definition) is 1. The molecular formula is C24H26FN5O4. The zero-order valence-corrected chi connectivity index (χ0v) is 19.0. The standard InChI is InChI=1S/C24H26FN5O4/c1-16(18-6-4-3-5-7-18)33-24(32)28-23-21(25)15-27-30(23)19-8-9-22(26-14-19)29-12-10-20(11-13-29)34-17(2)31/h3-9,14-16,20H,10-13H2,1-2H3,(H,28,32). The Balaban J connectivity index is 1.40. The highest BCUT2D eigenvalue weighted by Crippen LogP contribution is 2.24. The Hall–Kier alpha value is -3.95. The number of esters is 1. The third-order valence-electron chi connectivity index (χ3n) is 5.57. The topological polar surface area (TPSA) is 98.6 Å². The summed E-state index contributed by atoms with van der Waals surface area (Å²) in [5.41, 5.74) is 1.30. The second kappa shape index (κ2) is 10.3. The maximum Gasteiger partial charge on any atom is 0.413 e. The molecule has 1 N–H and O–H groups in total. The summed E-state index contributed by atoms with van der Waals surface area (Å²) < 4.78 is 26.3. The molecule has 1 aromatic carbocycles. The molecule has 1 saturated heterocycles. The lowest BCUT2D eigenvalue weighted by Crippen LogP contribution is -2.38. The molecule has 0 saturated carbocycles. The van der Waals surface area contributed by atoms with Gasteiger partial charge in [-0.1, -0.05) is 30.3 Å². The molecule has 3 heterocycles. The van der Waals surface area contributed by atoms with Crippen molar-refractivity contribution in [3.05, 3.63) is 66.2 Å². The van der Waals surface area contributed by atoms with E-state index in [0.29, 0.717) is 18.8 Å². The molecule has 4 rings (SSSR count). The summed E-state index contributed by atoms with van der Waals surface area (Å²) in [6.07, 6.45) is 2.66. The van der Waals surface area contributed by atoms with Gasteiger partial charge in [-0.3, -0.25) is 10.1 Å². The fourth-order valence-corrected chi connectivity index (χ4v) is 3.84. The van der Waals surface area contributed by atoms with Crippen LogP contribution >= 0.6 is 0 Å². The number of aromatic nitrogens is 3. The average molecular weight is 468 g/mol. The summed E-state index contributed by atoms with van der Waals surface area (Å²) in [6.45, 7) is 4.57. The van der Waals surface area contributed by atoms with Crippen LogP contribution in [0.15, 0.2) is 54.9 Å². The first-order valence-corrected chi connectivity index (χ1v) is 11.1. The first-order chi connectivity index (χ1) is 16.4. The minimum atomic E-state index is -0.794. The third-order valence-corrected chi connectivity index (χ3v) is 5.57. The van der Waals surface area contributed by atoms with E-state index in [1.165, 1.54) is 11.6 Å². The lowest BCUT2D eigenvalue weighted by atomic mass is 10.1. The van der Waals surface area contributed by atoms with Crippen LogP contribution in [0, 0.1) is 5.82 Å². The fourth-order valence-electron chi connectivity index (χ4n) is 3.84. The van der Waals surface area contributed by atoms with Gasteiger partial charge < -0.3 is 14.4 Å². The number of carbonyl (C=O) groups excluding carboxylic acids is 2. The first kappa shape index (κ1) is 23.2. The lowest BCUT2D eigenvalue weighted by molar-refractivity contribution is -0.147. The van der Waals surface area contributed by atoms with E-state index in [-0.39, 0.29) is 17.9 Å². The second-order valence-electron chi connectivity index (χ2n) is 8.01. The molecule has 1 amide bonds. The van der Waals surface area contributed by atoms with Gasteiger partial charge in [-0.15, -0.1) is 0 Å². The Morgan fingerprint density at radius 1 is 1.12 bits per heavy atom. The van der Waals surface area contributed by atoms with Crippen molar-refractivity contribution in [2.75, 3.05) is 23.3 Å². The summed E-state index contributed by atoms with van der Waals surface area (Å²) in [5, 5.41) is 6.47. The van der Waals surface area contributed by atoms with Crippen LogP contribution in [0.4, 0.5) is 20.8 Å². The molecule has 0 bridgehead atoms. The van der Waals surface area contributed by atoms with Gasteiger partial charge in [0.2, 0.25) is 0 Å². The van der Waals surface area contributed by atoms with Gasteiger partial charge >= 0.3 is 12.1 Å². The molecule has 0 aliphatic carbocycles. The Bertz CT molecular complexity index is 1130. The van der Waals surface area contributed by atoms with Crippen LogP contribution in [0.5, 0.6) is 0 Å². The molecule has 9 nitrogen and oxygen atoms in total. The number of amides is 1. The Labute approximate surface area is 196 Å². The van der Waals surface area contributed by atoms with E-state index in [0.717, 1.165) is 30.4 Å².